The van der Waals surface area contributed by atoms with Crippen LogP contribution in [0.15, 0.2) is 0 Å². The van der Waals surface area contributed by atoms with Crippen LogP contribution in [0.4, 0.5) is 0 Å². The first-order valence-electron chi connectivity index (χ1n) is 16.8. The molecule has 0 bridgehead atoms. The van der Waals surface area contributed by atoms with Gasteiger partial charge in [-0.2, -0.15) is 0 Å². The van der Waals surface area contributed by atoms with Gasteiger partial charge in [0.2, 0.25) is 0 Å². The lowest BCUT2D eigenvalue weighted by Gasteiger charge is -2.74. The Morgan fingerprint density at radius 3 is 1.60 bits per heavy atom. The van der Waals surface area contributed by atoms with E-state index in [0.29, 0.717) is 23.7 Å². The van der Waals surface area contributed by atoms with Gasteiger partial charge in [0.25, 0.3) is 0 Å². The van der Waals surface area contributed by atoms with Gasteiger partial charge in [0.1, 0.15) is 18.3 Å². The minimum atomic E-state index is -0.439. The smallest absolute Gasteiger partial charge is 0.303 e. The molecule has 0 heterocycles. The lowest BCUT2D eigenvalue weighted by molar-refractivity contribution is -0.282. The molecule has 0 N–H and O–H groups in total. The van der Waals surface area contributed by atoms with Crippen LogP contribution >= 0.6 is 0 Å². The third kappa shape index (κ3) is 4.41. The van der Waals surface area contributed by atoms with Gasteiger partial charge in [0.15, 0.2) is 0 Å². The van der Waals surface area contributed by atoms with Crippen molar-refractivity contribution in [2.24, 2.45) is 56.2 Å². The Kier molecular flexibility index (Phi) is 7.55. The van der Waals surface area contributed by atoms with Crippen molar-refractivity contribution in [1.82, 2.24) is 0 Å². The van der Waals surface area contributed by atoms with Crippen LogP contribution in [0, 0.1) is 56.2 Å². The summed E-state index contributed by atoms with van der Waals surface area (Å²) >= 11 is 0. The average Bonchev–Trinajstić information content (AvgIpc) is 2.83. The number of hydrogen-bond acceptors (Lipinski definition) is 6. The largest absolute Gasteiger partial charge is 0.462 e. The van der Waals surface area contributed by atoms with Crippen LogP contribution in [0.3, 0.4) is 0 Å². The summed E-state index contributed by atoms with van der Waals surface area (Å²) in [4.78, 5) is 36.8. The summed E-state index contributed by atoms with van der Waals surface area (Å²) in [6.07, 6.45) is 8.97. The molecule has 5 aliphatic rings. The van der Waals surface area contributed by atoms with Crippen LogP contribution in [0.2, 0.25) is 0 Å². The Morgan fingerprint density at radius 2 is 1.05 bits per heavy atom. The van der Waals surface area contributed by atoms with E-state index in [-0.39, 0.29) is 56.5 Å². The maximum absolute atomic E-state index is 12.3. The number of carbonyl (C=O) groups is 3. The number of ether oxygens (including phenoxy) is 3. The van der Waals surface area contributed by atoms with Gasteiger partial charge in [0.05, 0.1) is 0 Å². The second-order valence-electron chi connectivity index (χ2n) is 17.5. The fourth-order valence-corrected chi connectivity index (χ4v) is 12.9. The summed E-state index contributed by atoms with van der Waals surface area (Å²) in [7, 11) is 0. The lowest BCUT2D eigenvalue weighted by atomic mass is 9.30. The highest BCUT2D eigenvalue weighted by molar-refractivity contribution is 5.67. The molecule has 0 aromatic rings. The van der Waals surface area contributed by atoms with Gasteiger partial charge in [-0.05, 0) is 97.2 Å². The molecule has 0 aromatic carbocycles. The molecule has 5 rings (SSSR count). The molecule has 5 fully saturated rings. The third-order valence-electron chi connectivity index (χ3n) is 14.7. The molecular weight excluding hydrogens is 528 g/mol. The van der Waals surface area contributed by atoms with E-state index in [0.717, 1.165) is 38.5 Å². The van der Waals surface area contributed by atoms with Crippen molar-refractivity contribution >= 4 is 17.9 Å². The average molecular weight is 587 g/mol. The van der Waals surface area contributed by atoms with Crippen LogP contribution in [0.1, 0.15) is 134 Å². The number of fused-ring (bicyclic) bond motifs is 7. The number of esters is 3. The van der Waals surface area contributed by atoms with Gasteiger partial charge in [-0.1, -0.05) is 55.4 Å². The van der Waals surface area contributed by atoms with E-state index in [9.17, 15) is 14.4 Å². The second-order valence-corrected chi connectivity index (χ2v) is 17.5. The van der Waals surface area contributed by atoms with Crippen LogP contribution in [-0.4, -0.2) is 36.2 Å². The van der Waals surface area contributed by atoms with E-state index >= 15 is 0 Å². The lowest BCUT2D eigenvalue weighted by Crippen LogP contribution is -2.70. The van der Waals surface area contributed by atoms with E-state index in [1.54, 1.807) is 6.92 Å². The highest BCUT2D eigenvalue weighted by Crippen LogP contribution is 2.77. The first kappa shape index (κ1) is 31.8. The predicted molar refractivity (Wildman–Crippen MR) is 162 cm³/mol. The summed E-state index contributed by atoms with van der Waals surface area (Å²) in [5, 5.41) is 0. The number of rotatable bonds is 3. The normalized spacial score (nSPS) is 48.8. The fraction of sp³-hybridized carbons (Fsp3) is 0.917. The molecule has 238 valence electrons. The number of carbonyl (C=O) groups excluding carboxylic acids is 3. The predicted octanol–water partition coefficient (Wildman–Crippen LogP) is 7.90. The molecule has 42 heavy (non-hydrogen) atoms. The molecule has 0 saturated heterocycles. The summed E-state index contributed by atoms with van der Waals surface area (Å²) < 4.78 is 18.1. The highest BCUT2D eigenvalue weighted by Gasteiger charge is 2.72. The maximum atomic E-state index is 12.3. The number of hydrogen-bond donors (Lipinski definition) is 0. The van der Waals surface area contributed by atoms with Crippen molar-refractivity contribution < 1.29 is 28.6 Å². The molecule has 0 radical (unpaired) electrons. The molecule has 0 aliphatic heterocycles. The van der Waals surface area contributed by atoms with E-state index < -0.39 is 12.2 Å². The minimum absolute atomic E-state index is 0.00584. The zero-order chi connectivity index (χ0) is 31.3. The van der Waals surface area contributed by atoms with Crippen molar-refractivity contribution in [1.29, 1.82) is 0 Å². The van der Waals surface area contributed by atoms with Crippen LogP contribution in [-0.2, 0) is 28.6 Å². The van der Waals surface area contributed by atoms with Crippen molar-refractivity contribution in [3.8, 4) is 0 Å². The SMILES string of the molecule is CC(=O)OC1C[C@@]2(C)[C@@H](CC[C@@]3(C)[C@H]2CC[C@H]2[C@]4(C)CCC(C)(C)C(OC(C)=O)[C@H]4CC[C@@]23C)C(C)(C)C1OC(C)=O. The highest BCUT2D eigenvalue weighted by atomic mass is 16.6. The van der Waals surface area contributed by atoms with Gasteiger partial charge in [-0.25, -0.2) is 0 Å². The van der Waals surface area contributed by atoms with E-state index in [4.69, 9.17) is 14.2 Å². The Labute approximate surface area is 254 Å². The Hall–Kier alpha value is -1.59. The summed E-state index contributed by atoms with van der Waals surface area (Å²) in [6.45, 7) is 23.8. The van der Waals surface area contributed by atoms with Crippen molar-refractivity contribution in [3.05, 3.63) is 0 Å². The first-order chi connectivity index (χ1) is 19.2. The zero-order valence-corrected chi connectivity index (χ0v) is 28.4. The van der Waals surface area contributed by atoms with Crippen LogP contribution < -0.4 is 0 Å². The Bertz CT molecular complexity index is 1130. The zero-order valence-electron chi connectivity index (χ0n) is 28.4. The third-order valence-corrected chi connectivity index (χ3v) is 14.7. The monoisotopic (exact) mass is 586 g/mol. The van der Waals surface area contributed by atoms with Gasteiger partial charge in [-0.3, -0.25) is 14.4 Å². The maximum Gasteiger partial charge on any atom is 0.303 e. The van der Waals surface area contributed by atoms with Gasteiger partial charge in [-0.15, -0.1) is 0 Å². The van der Waals surface area contributed by atoms with Crippen molar-refractivity contribution in [2.75, 3.05) is 0 Å². The molecule has 5 saturated carbocycles. The fourth-order valence-electron chi connectivity index (χ4n) is 12.9. The molecule has 0 spiro atoms. The minimum Gasteiger partial charge on any atom is -0.462 e. The van der Waals surface area contributed by atoms with E-state index in [1.165, 1.54) is 33.1 Å². The van der Waals surface area contributed by atoms with Gasteiger partial charge in [0, 0.05) is 37.5 Å². The van der Waals surface area contributed by atoms with Crippen molar-refractivity contribution in [3.63, 3.8) is 0 Å². The quantitative estimate of drug-likeness (QED) is 0.247. The molecular formula is C36H58O6. The second kappa shape index (κ2) is 9.96. The first-order valence-corrected chi connectivity index (χ1v) is 16.8. The molecule has 0 amide bonds. The molecule has 0 aromatic heterocycles. The molecule has 11 atom stereocenters. The van der Waals surface area contributed by atoms with E-state index in [2.05, 4.69) is 55.4 Å². The van der Waals surface area contributed by atoms with Crippen molar-refractivity contribution in [2.45, 2.75) is 152 Å². The summed E-state index contributed by atoms with van der Waals surface area (Å²) in [5.41, 5.74) is 0.103. The topological polar surface area (TPSA) is 78.9 Å². The summed E-state index contributed by atoms with van der Waals surface area (Å²) in [5.74, 6) is 1.06. The standard InChI is InChI=1S/C36H58O6/c1-21(37)40-25-20-34(9)26(32(6,7)30(25)42-23(3)39)15-17-36(11)28(34)13-12-27-33(8)19-18-31(4,5)29(41-22(2)38)24(33)14-16-35(27,36)10/h24-30H,12-20H2,1-11H3/t24-,25?,26+,27+,28+,29?,30?,33-,34+,35+,36+/m1/s1. The summed E-state index contributed by atoms with van der Waals surface area (Å²) in [6, 6.07) is 0. The van der Waals surface area contributed by atoms with Crippen LogP contribution in [0.5, 0.6) is 0 Å². The Morgan fingerprint density at radius 1 is 0.548 bits per heavy atom. The molecule has 5 aliphatic carbocycles. The van der Waals surface area contributed by atoms with Gasteiger partial charge < -0.3 is 14.2 Å². The molecule has 3 unspecified atom stereocenters. The molecule has 6 nitrogen and oxygen atoms in total. The Balaban J connectivity index is 1.52. The van der Waals surface area contributed by atoms with E-state index in [1.807, 2.05) is 0 Å². The van der Waals surface area contributed by atoms with Gasteiger partial charge >= 0.3 is 17.9 Å². The van der Waals surface area contributed by atoms with Crippen LogP contribution in [0.25, 0.3) is 0 Å². The molecule has 6 heteroatoms.